The van der Waals surface area contributed by atoms with Gasteiger partial charge >= 0.3 is 0 Å². The molecule has 0 aromatic carbocycles. The van der Waals surface area contributed by atoms with E-state index in [0.29, 0.717) is 12.5 Å². The minimum Gasteiger partial charge on any atom is -0.393 e. The minimum atomic E-state index is -0.200. The summed E-state index contributed by atoms with van der Waals surface area (Å²) in [5.74, 6) is 1.31. The van der Waals surface area contributed by atoms with Crippen molar-refractivity contribution in [3.63, 3.8) is 0 Å². The number of nitrogen functional groups attached to an aromatic ring is 1. The van der Waals surface area contributed by atoms with Gasteiger partial charge in [0.05, 0.1) is 24.0 Å². The summed E-state index contributed by atoms with van der Waals surface area (Å²) in [5.41, 5.74) is 8.02. The van der Waals surface area contributed by atoms with Crippen LogP contribution in [0.3, 0.4) is 0 Å². The van der Waals surface area contributed by atoms with Gasteiger partial charge in [-0.3, -0.25) is 0 Å². The lowest BCUT2D eigenvalue weighted by molar-refractivity contribution is 0.0732. The lowest BCUT2D eigenvalue weighted by Crippen LogP contribution is -2.27. The fourth-order valence-corrected chi connectivity index (χ4v) is 4.36. The molecule has 1 saturated carbocycles. The monoisotopic (exact) mass is 331 g/mol. The van der Waals surface area contributed by atoms with E-state index in [-0.39, 0.29) is 12.1 Å². The molecule has 0 spiro atoms. The van der Waals surface area contributed by atoms with Crippen LogP contribution in [-0.2, 0) is 19.4 Å². The molecular weight excluding hydrogens is 310 g/mol. The molecule has 1 fully saturated rings. The van der Waals surface area contributed by atoms with Crippen LogP contribution in [0.25, 0.3) is 0 Å². The molecule has 2 heterocycles. The number of nitrogens with zero attached hydrogens (tertiary/aromatic N) is 3. The average molecular weight is 331 g/mol. The molecule has 6 nitrogen and oxygen atoms in total. The number of hydrogen-bond acceptors (Lipinski definition) is 7. The second-order valence-electron chi connectivity index (χ2n) is 6.40. The Balaban J connectivity index is 1.45. The van der Waals surface area contributed by atoms with E-state index in [0.717, 1.165) is 35.8 Å². The maximum atomic E-state index is 9.45. The fourth-order valence-electron chi connectivity index (χ4n) is 3.26. The van der Waals surface area contributed by atoms with Gasteiger partial charge in [0, 0.05) is 16.9 Å². The van der Waals surface area contributed by atoms with Crippen molar-refractivity contribution in [2.45, 2.75) is 57.1 Å². The molecule has 0 bridgehead atoms. The number of fused-ring (bicyclic) bond motifs is 1. The first-order valence-corrected chi connectivity index (χ1v) is 9.03. The molecule has 23 heavy (non-hydrogen) atoms. The van der Waals surface area contributed by atoms with E-state index in [2.05, 4.69) is 15.3 Å². The lowest BCUT2D eigenvalue weighted by Gasteiger charge is -2.30. The molecule has 0 amide bonds. The van der Waals surface area contributed by atoms with Gasteiger partial charge in [0.2, 0.25) is 5.95 Å². The molecule has 7 heteroatoms. The first kappa shape index (κ1) is 14.8. The quantitative estimate of drug-likeness (QED) is 0.795. The van der Waals surface area contributed by atoms with Crippen molar-refractivity contribution in [1.82, 2.24) is 15.0 Å². The molecule has 0 atom stereocenters. The van der Waals surface area contributed by atoms with Crippen LogP contribution in [0.15, 0.2) is 6.07 Å². The first-order chi connectivity index (χ1) is 11.2. The van der Waals surface area contributed by atoms with Crippen molar-refractivity contribution in [3.8, 4) is 0 Å². The number of thiazole rings is 1. The van der Waals surface area contributed by atoms with Crippen LogP contribution in [0.4, 0.5) is 11.8 Å². The van der Waals surface area contributed by atoms with Gasteiger partial charge in [-0.25, -0.2) is 9.97 Å². The SMILES string of the molecule is Nc1nc(NCc2nc3c(s2)CCCC3)cc(C2CC(O)C2)n1. The Morgan fingerprint density at radius 1 is 1.22 bits per heavy atom. The predicted molar refractivity (Wildman–Crippen MR) is 90.5 cm³/mol. The number of aryl methyl sites for hydroxylation is 2. The van der Waals surface area contributed by atoms with Gasteiger partial charge in [0.1, 0.15) is 10.8 Å². The number of hydrogen-bond donors (Lipinski definition) is 3. The van der Waals surface area contributed by atoms with E-state index < -0.39 is 0 Å². The summed E-state index contributed by atoms with van der Waals surface area (Å²) in [6.07, 6.45) is 6.13. The van der Waals surface area contributed by atoms with E-state index in [1.807, 2.05) is 6.07 Å². The number of aliphatic hydroxyl groups is 1. The van der Waals surface area contributed by atoms with Crippen LogP contribution < -0.4 is 11.1 Å². The number of aromatic nitrogens is 3. The van der Waals surface area contributed by atoms with Crippen molar-refractivity contribution in [2.24, 2.45) is 0 Å². The number of nitrogens with two attached hydrogens (primary N) is 1. The van der Waals surface area contributed by atoms with E-state index >= 15 is 0 Å². The van der Waals surface area contributed by atoms with Crippen LogP contribution in [0.1, 0.15) is 52.9 Å². The second-order valence-corrected chi connectivity index (χ2v) is 7.56. The molecule has 0 unspecified atom stereocenters. The third kappa shape index (κ3) is 3.16. The molecule has 4 rings (SSSR count). The number of aliphatic hydroxyl groups excluding tert-OH is 1. The number of anilines is 2. The summed E-state index contributed by atoms with van der Waals surface area (Å²) >= 11 is 1.80. The molecule has 0 aliphatic heterocycles. The van der Waals surface area contributed by atoms with E-state index in [9.17, 15) is 5.11 Å². The van der Waals surface area contributed by atoms with Crippen LogP contribution in [0.5, 0.6) is 0 Å². The van der Waals surface area contributed by atoms with Crippen molar-refractivity contribution in [3.05, 3.63) is 27.3 Å². The highest BCUT2D eigenvalue weighted by Crippen LogP contribution is 2.36. The highest BCUT2D eigenvalue weighted by atomic mass is 32.1. The Labute approximate surface area is 139 Å². The Kier molecular flexibility index (Phi) is 3.90. The Bertz CT molecular complexity index is 687. The fraction of sp³-hybridized carbons (Fsp3) is 0.562. The second kappa shape index (κ2) is 6.05. The summed E-state index contributed by atoms with van der Waals surface area (Å²) in [7, 11) is 0. The summed E-state index contributed by atoms with van der Waals surface area (Å²) in [5, 5.41) is 13.9. The van der Waals surface area contributed by atoms with E-state index in [1.54, 1.807) is 11.3 Å². The van der Waals surface area contributed by atoms with Gasteiger partial charge in [-0.1, -0.05) is 0 Å². The average Bonchev–Trinajstić information content (AvgIpc) is 2.92. The molecule has 0 saturated heterocycles. The number of nitrogens with one attached hydrogen (secondary N) is 1. The number of rotatable bonds is 4. The van der Waals surface area contributed by atoms with Gasteiger partial charge < -0.3 is 16.2 Å². The van der Waals surface area contributed by atoms with Crippen molar-refractivity contribution in [1.29, 1.82) is 0 Å². The minimum absolute atomic E-state index is 0.200. The summed E-state index contributed by atoms with van der Waals surface area (Å²) in [4.78, 5) is 14.7. The van der Waals surface area contributed by atoms with E-state index in [4.69, 9.17) is 10.7 Å². The molecule has 0 radical (unpaired) electrons. The predicted octanol–water partition coefficient (Wildman–Crippen LogP) is 2.24. The molecular formula is C16H21N5OS. The molecule has 122 valence electrons. The Hall–Kier alpha value is -1.73. The Morgan fingerprint density at radius 2 is 2.04 bits per heavy atom. The zero-order valence-electron chi connectivity index (χ0n) is 13.0. The molecule has 4 N–H and O–H groups in total. The summed E-state index contributed by atoms with van der Waals surface area (Å²) in [6, 6.07) is 1.94. The highest BCUT2D eigenvalue weighted by molar-refractivity contribution is 7.11. The van der Waals surface area contributed by atoms with Crippen molar-refractivity contribution < 1.29 is 5.11 Å². The smallest absolute Gasteiger partial charge is 0.222 e. The summed E-state index contributed by atoms with van der Waals surface area (Å²) < 4.78 is 0. The Morgan fingerprint density at radius 3 is 2.83 bits per heavy atom. The zero-order chi connectivity index (χ0) is 15.8. The van der Waals surface area contributed by atoms with Gasteiger partial charge in [-0.2, -0.15) is 4.98 Å². The molecule has 2 aliphatic rings. The van der Waals surface area contributed by atoms with Crippen LogP contribution in [0.2, 0.25) is 0 Å². The van der Waals surface area contributed by atoms with Gasteiger partial charge in [-0.05, 0) is 38.5 Å². The normalized spacial score (nSPS) is 23.2. The van der Waals surface area contributed by atoms with Crippen LogP contribution >= 0.6 is 11.3 Å². The maximum Gasteiger partial charge on any atom is 0.222 e. The highest BCUT2D eigenvalue weighted by Gasteiger charge is 2.30. The van der Waals surface area contributed by atoms with Crippen LogP contribution in [0, 0.1) is 0 Å². The van der Waals surface area contributed by atoms with Crippen LogP contribution in [-0.4, -0.2) is 26.2 Å². The standard InChI is InChI=1S/C16H21N5OS/c17-16-20-12(9-5-10(22)6-9)7-14(21-16)18-8-15-19-11-3-1-2-4-13(11)23-15/h7,9-10,22H,1-6,8H2,(H3,17,18,20,21). The third-order valence-electron chi connectivity index (χ3n) is 4.61. The topological polar surface area (TPSA) is 97.0 Å². The maximum absolute atomic E-state index is 9.45. The molecule has 2 aromatic heterocycles. The largest absolute Gasteiger partial charge is 0.393 e. The van der Waals surface area contributed by atoms with Gasteiger partial charge in [0.15, 0.2) is 0 Å². The van der Waals surface area contributed by atoms with Gasteiger partial charge in [-0.15, -0.1) is 11.3 Å². The zero-order valence-corrected chi connectivity index (χ0v) is 13.8. The summed E-state index contributed by atoms with van der Waals surface area (Å²) in [6.45, 7) is 0.668. The lowest BCUT2D eigenvalue weighted by atomic mass is 9.80. The van der Waals surface area contributed by atoms with E-state index in [1.165, 1.54) is 29.8 Å². The van der Waals surface area contributed by atoms with Gasteiger partial charge in [0.25, 0.3) is 0 Å². The first-order valence-electron chi connectivity index (χ1n) is 8.21. The molecule has 2 aromatic rings. The van der Waals surface area contributed by atoms with Crippen molar-refractivity contribution in [2.75, 3.05) is 11.1 Å². The van der Waals surface area contributed by atoms with Crippen molar-refractivity contribution >= 4 is 23.1 Å². The molecule has 2 aliphatic carbocycles. The third-order valence-corrected chi connectivity index (χ3v) is 5.76.